The Balaban J connectivity index is 1.48. The van der Waals surface area contributed by atoms with E-state index in [4.69, 9.17) is 9.47 Å². The minimum absolute atomic E-state index is 0.0484. The second-order valence-corrected chi connectivity index (χ2v) is 10.4. The number of methoxy groups -OCH3 is 1. The highest BCUT2D eigenvalue weighted by Gasteiger charge is 2.44. The number of aliphatic imine (C=N–C) groups is 1. The average molecular weight is 487 g/mol. The summed E-state index contributed by atoms with van der Waals surface area (Å²) in [7, 11) is 5.81. The molecule has 4 atom stereocenters. The Morgan fingerprint density at radius 2 is 2.00 bits per heavy atom. The molecule has 0 aromatic heterocycles. The monoisotopic (exact) mass is 486 g/mol. The molecular formula is C29H34N4O3. The molecule has 7 nitrogen and oxygen atoms in total. The zero-order valence-corrected chi connectivity index (χ0v) is 21.3. The van der Waals surface area contributed by atoms with Gasteiger partial charge in [-0.05, 0) is 37.7 Å². The van der Waals surface area contributed by atoms with Crippen LogP contribution in [-0.4, -0.2) is 87.7 Å². The number of allylic oxidation sites excluding steroid dienone is 2. The molecule has 1 aromatic carbocycles. The van der Waals surface area contributed by atoms with Gasteiger partial charge in [0.25, 0.3) is 5.91 Å². The summed E-state index contributed by atoms with van der Waals surface area (Å²) in [6, 6.07) is 8.69. The number of ether oxygens (including phenoxy) is 2. The van der Waals surface area contributed by atoms with E-state index < -0.39 is 0 Å². The second-order valence-electron chi connectivity index (χ2n) is 10.4. The fourth-order valence-corrected chi connectivity index (χ4v) is 6.38. The van der Waals surface area contributed by atoms with Crippen LogP contribution in [0.3, 0.4) is 0 Å². The van der Waals surface area contributed by atoms with Gasteiger partial charge < -0.3 is 24.2 Å². The molecule has 4 bridgehead atoms. The van der Waals surface area contributed by atoms with Gasteiger partial charge >= 0.3 is 0 Å². The normalized spacial score (nSPS) is 29.2. The minimum Gasteiger partial charge on any atom is -0.480 e. The first-order valence-corrected chi connectivity index (χ1v) is 12.9. The summed E-state index contributed by atoms with van der Waals surface area (Å²) in [6.45, 7) is 3.96. The molecule has 0 radical (unpaired) electrons. The van der Waals surface area contributed by atoms with E-state index in [1.165, 1.54) is 11.3 Å². The molecule has 5 aliphatic rings. The minimum atomic E-state index is -0.171. The van der Waals surface area contributed by atoms with E-state index in [0.717, 1.165) is 49.3 Å². The van der Waals surface area contributed by atoms with E-state index in [0.29, 0.717) is 12.5 Å². The SMILES string of the molecule is COC1=NC(=O)C2=C1C1=CN(CCOC(CN(C)C)CCN3CC2c2ccccc23)C2C=CC=CC12. The second kappa shape index (κ2) is 9.37. The first kappa shape index (κ1) is 23.3. The Bertz CT molecular complexity index is 1210. The fourth-order valence-electron chi connectivity index (χ4n) is 6.38. The van der Waals surface area contributed by atoms with Gasteiger partial charge in [0.15, 0.2) is 0 Å². The van der Waals surface area contributed by atoms with E-state index >= 15 is 0 Å². The van der Waals surface area contributed by atoms with Crippen molar-refractivity contribution < 1.29 is 14.3 Å². The largest absolute Gasteiger partial charge is 0.480 e. The van der Waals surface area contributed by atoms with Gasteiger partial charge in [-0.25, -0.2) is 0 Å². The maximum absolute atomic E-state index is 13.5. The summed E-state index contributed by atoms with van der Waals surface area (Å²) in [4.78, 5) is 24.9. The zero-order chi connectivity index (χ0) is 24.8. The topological polar surface area (TPSA) is 57.6 Å². The Hall–Kier alpha value is -3.16. The molecule has 0 N–H and O–H groups in total. The molecule has 1 aromatic rings. The van der Waals surface area contributed by atoms with Gasteiger partial charge in [0.1, 0.15) is 0 Å². The zero-order valence-electron chi connectivity index (χ0n) is 21.3. The number of carbonyl (C=O) groups is 1. The number of nitrogens with zero attached hydrogens (tertiary/aromatic N) is 4. The molecule has 36 heavy (non-hydrogen) atoms. The Morgan fingerprint density at radius 3 is 2.83 bits per heavy atom. The summed E-state index contributed by atoms with van der Waals surface area (Å²) < 4.78 is 12.2. The molecule has 0 saturated carbocycles. The first-order valence-electron chi connectivity index (χ1n) is 12.9. The van der Waals surface area contributed by atoms with Gasteiger partial charge in [-0.2, -0.15) is 4.99 Å². The van der Waals surface area contributed by atoms with Crippen molar-refractivity contribution in [2.75, 3.05) is 58.9 Å². The molecule has 4 heterocycles. The van der Waals surface area contributed by atoms with Gasteiger partial charge in [0, 0.05) is 55.5 Å². The number of benzene rings is 1. The summed E-state index contributed by atoms with van der Waals surface area (Å²) in [6.07, 6.45) is 12.0. The summed E-state index contributed by atoms with van der Waals surface area (Å²) in [5, 5.41) is 0. The highest BCUT2D eigenvalue weighted by molar-refractivity contribution is 6.19. The first-order chi connectivity index (χ1) is 17.5. The number of likely N-dealkylation sites (N-methyl/N-ethyl adjacent to an activating group) is 1. The number of rotatable bonds is 2. The van der Waals surface area contributed by atoms with Crippen LogP contribution in [0.5, 0.6) is 0 Å². The van der Waals surface area contributed by atoms with Crippen LogP contribution in [0.15, 0.2) is 76.5 Å². The molecule has 0 spiro atoms. The van der Waals surface area contributed by atoms with Gasteiger partial charge in [-0.15, -0.1) is 0 Å². The number of amides is 1. The van der Waals surface area contributed by atoms with Crippen molar-refractivity contribution >= 4 is 17.5 Å². The van der Waals surface area contributed by atoms with Gasteiger partial charge in [-0.3, -0.25) is 4.79 Å². The lowest BCUT2D eigenvalue weighted by Gasteiger charge is -2.29. The summed E-state index contributed by atoms with van der Waals surface area (Å²) >= 11 is 0. The smallest absolute Gasteiger partial charge is 0.277 e. The molecule has 0 saturated heterocycles. The third kappa shape index (κ3) is 3.91. The molecular weight excluding hydrogens is 452 g/mol. The van der Waals surface area contributed by atoms with Crippen molar-refractivity contribution in [3.63, 3.8) is 0 Å². The molecule has 4 aliphatic heterocycles. The molecule has 1 aliphatic carbocycles. The van der Waals surface area contributed by atoms with Crippen molar-refractivity contribution in [3.8, 4) is 0 Å². The maximum Gasteiger partial charge on any atom is 0.277 e. The van der Waals surface area contributed by atoms with Gasteiger partial charge in [0.2, 0.25) is 5.90 Å². The molecule has 188 valence electrons. The lowest BCUT2D eigenvalue weighted by atomic mass is 9.82. The maximum atomic E-state index is 13.5. The predicted molar refractivity (Wildman–Crippen MR) is 141 cm³/mol. The van der Waals surface area contributed by atoms with Crippen LogP contribution in [0.2, 0.25) is 0 Å². The number of hydrogen-bond donors (Lipinski definition) is 0. The molecule has 4 unspecified atom stereocenters. The average Bonchev–Trinajstić information content (AvgIpc) is 3.52. The van der Waals surface area contributed by atoms with Crippen LogP contribution < -0.4 is 4.90 Å². The number of carbonyl (C=O) groups excluding carboxylic acids is 1. The summed E-state index contributed by atoms with van der Waals surface area (Å²) in [5.74, 6) is 0.361. The number of fused-ring (bicyclic) bond motifs is 11. The van der Waals surface area contributed by atoms with Crippen LogP contribution in [0.4, 0.5) is 5.69 Å². The molecule has 0 fully saturated rings. The quantitative estimate of drug-likeness (QED) is 0.640. The van der Waals surface area contributed by atoms with Crippen LogP contribution in [-0.2, 0) is 14.3 Å². The molecule has 7 heteroatoms. The number of para-hydroxylation sites is 1. The third-order valence-electron chi connectivity index (χ3n) is 7.95. The van der Waals surface area contributed by atoms with Crippen molar-refractivity contribution in [1.29, 1.82) is 0 Å². The van der Waals surface area contributed by atoms with Crippen LogP contribution in [0.1, 0.15) is 17.9 Å². The lowest BCUT2D eigenvalue weighted by molar-refractivity contribution is -0.114. The van der Waals surface area contributed by atoms with Gasteiger partial charge in [-0.1, -0.05) is 42.5 Å². The lowest BCUT2D eigenvalue weighted by Crippen LogP contribution is -2.37. The van der Waals surface area contributed by atoms with Gasteiger partial charge in [0.05, 0.1) is 31.4 Å². The Labute approximate surface area is 213 Å². The van der Waals surface area contributed by atoms with Crippen LogP contribution in [0.25, 0.3) is 0 Å². The Kier molecular flexibility index (Phi) is 6.05. The van der Waals surface area contributed by atoms with E-state index in [-0.39, 0.29) is 29.9 Å². The van der Waals surface area contributed by atoms with Crippen molar-refractivity contribution in [1.82, 2.24) is 9.80 Å². The van der Waals surface area contributed by atoms with Crippen molar-refractivity contribution in [2.45, 2.75) is 24.5 Å². The van der Waals surface area contributed by atoms with E-state index in [1.54, 1.807) is 7.11 Å². The van der Waals surface area contributed by atoms with E-state index in [9.17, 15) is 4.79 Å². The molecule has 6 rings (SSSR count). The highest BCUT2D eigenvalue weighted by atomic mass is 16.5. The standard InChI is InChI=1S/C29H34N4O3/c1-31(2)16-19-12-13-32-17-22(20-8-4-6-10-24(20)32)26-27(29(35-3)30-28(26)34)23-18-33(14-15-36-19)25-11-7-5-9-21(23)25/h4-11,18-19,21-22,25H,12-17H2,1-3H3. The van der Waals surface area contributed by atoms with Crippen LogP contribution >= 0.6 is 0 Å². The van der Waals surface area contributed by atoms with Crippen molar-refractivity contribution in [2.24, 2.45) is 10.9 Å². The number of hydrogen-bond acceptors (Lipinski definition) is 6. The predicted octanol–water partition coefficient (Wildman–Crippen LogP) is 3.13. The third-order valence-corrected chi connectivity index (χ3v) is 7.95. The Morgan fingerprint density at radius 1 is 1.17 bits per heavy atom. The summed E-state index contributed by atoms with van der Waals surface area (Å²) in [5.41, 5.74) is 5.16. The van der Waals surface area contributed by atoms with Crippen LogP contribution in [0, 0.1) is 5.92 Å². The fraction of sp³-hybridized carbons (Fsp3) is 0.448. The highest BCUT2D eigenvalue weighted by Crippen LogP contribution is 2.47. The van der Waals surface area contributed by atoms with E-state index in [1.807, 2.05) is 0 Å². The molecule has 1 amide bonds. The number of anilines is 1. The van der Waals surface area contributed by atoms with E-state index in [2.05, 4.69) is 88.6 Å². The van der Waals surface area contributed by atoms with Crippen molar-refractivity contribution in [3.05, 3.63) is 77.1 Å².